The van der Waals surface area contributed by atoms with Crippen molar-refractivity contribution in [2.24, 2.45) is 0 Å². The van der Waals surface area contributed by atoms with E-state index < -0.39 is 29.7 Å². The fourth-order valence-electron chi connectivity index (χ4n) is 4.59. The van der Waals surface area contributed by atoms with Crippen molar-refractivity contribution in [3.05, 3.63) is 64.2 Å². The molecule has 2 aromatic rings. The van der Waals surface area contributed by atoms with Crippen molar-refractivity contribution in [3.8, 4) is 5.75 Å². The molecule has 6 nitrogen and oxygen atoms in total. The number of nitrogens with one attached hydrogen (secondary N) is 1. The number of benzene rings is 2. The maximum atomic E-state index is 13.2. The summed E-state index contributed by atoms with van der Waals surface area (Å²) in [5.74, 6) is -1.45. The lowest BCUT2D eigenvalue weighted by Gasteiger charge is -2.29. The van der Waals surface area contributed by atoms with Gasteiger partial charge in [0.25, 0.3) is 5.91 Å². The minimum atomic E-state index is -4.43. The van der Waals surface area contributed by atoms with Gasteiger partial charge in [-0.05, 0) is 54.2 Å². The van der Waals surface area contributed by atoms with E-state index in [0.717, 1.165) is 44.2 Å². The van der Waals surface area contributed by atoms with E-state index in [4.69, 9.17) is 9.47 Å². The quantitative estimate of drug-likeness (QED) is 0.522. The van der Waals surface area contributed by atoms with Crippen LogP contribution < -0.4 is 15.2 Å². The highest BCUT2D eigenvalue weighted by atomic mass is 19.4. The number of hydrogen-bond acceptors (Lipinski definition) is 5. The number of ether oxygens (including phenoxy) is 2. The first-order valence-corrected chi connectivity index (χ1v) is 12.1. The van der Waals surface area contributed by atoms with Gasteiger partial charge in [-0.1, -0.05) is 44.4 Å². The number of alkyl halides is 3. The normalized spacial score (nSPS) is 15.4. The highest BCUT2D eigenvalue weighted by Crippen LogP contribution is 2.30. The van der Waals surface area contributed by atoms with E-state index in [1.807, 2.05) is 6.92 Å². The van der Waals surface area contributed by atoms with Gasteiger partial charge in [0.1, 0.15) is 11.9 Å². The molecule has 1 aliphatic rings. The van der Waals surface area contributed by atoms with Gasteiger partial charge in [0.2, 0.25) is 0 Å². The van der Waals surface area contributed by atoms with E-state index in [0.29, 0.717) is 28.9 Å². The van der Waals surface area contributed by atoms with Crippen LogP contribution in [0.15, 0.2) is 36.4 Å². The van der Waals surface area contributed by atoms with Crippen LogP contribution in [0.1, 0.15) is 71.6 Å². The Kier molecular flexibility index (Phi) is 9.37. The van der Waals surface area contributed by atoms with E-state index in [-0.39, 0.29) is 24.6 Å². The van der Waals surface area contributed by atoms with Crippen molar-refractivity contribution in [3.63, 3.8) is 0 Å². The lowest BCUT2D eigenvalue weighted by Crippen LogP contribution is -2.41. The van der Waals surface area contributed by atoms with Crippen LogP contribution in [0.5, 0.6) is 5.75 Å². The Hall–Kier alpha value is -3.07. The molecule has 9 heteroatoms. The predicted octanol–water partition coefficient (Wildman–Crippen LogP) is 4.22. The van der Waals surface area contributed by atoms with Crippen LogP contribution >= 0.6 is 0 Å². The summed E-state index contributed by atoms with van der Waals surface area (Å²) in [5, 5.41) is 14.6. The molecule has 1 atom stereocenters. The standard InChI is InChI=1S/C27H32F3NO5/c1-3-21-18(15-23(26(33)34)36-20-7-5-4-6-8-20)11-14-22(35-2)24(21)25(32)31-16-17-9-12-19(13-10-17)27(28,29)30/h9-14,20,23H,3-8,15-16H2,1-2H3,(H,31,32)(H,33,34)/p-1. The number of rotatable bonds is 10. The first-order chi connectivity index (χ1) is 17.1. The molecule has 36 heavy (non-hydrogen) atoms. The number of carboxylic acids is 1. The van der Waals surface area contributed by atoms with Crippen molar-refractivity contribution in [2.75, 3.05) is 7.11 Å². The highest BCUT2D eigenvalue weighted by Gasteiger charge is 2.30. The van der Waals surface area contributed by atoms with E-state index in [9.17, 15) is 27.9 Å². The zero-order valence-electron chi connectivity index (χ0n) is 20.5. The smallest absolute Gasteiger partial charge is 0.416 e. The lowest BCUT2D eigenvalue weighted by atomic mass is 9.93. The Morgan fingerprint density at radius 1 is 1.08 bits per heavy atom. The summed E-state index contributed by atoms with van der Waals surface area (Å²) in [6, 6.07) is 7.88. The molecule has 0 spiro atoms. The average molecular weight is 507 g/mol. The molecule has 196 valence electrons. The third-order valence-electron chi connectivity index (χ3n) is 6.48. The lowest BCUT2D eigenvalue weighted by molar-refractivity contribution is -0.318. The molecular formula is C27H31F3NO5-. The van der Waals surface area contributed by atoms with Crippen LogP contribution in [0.25, 0.3) is 0 Å². The highest BCUT2D eigenvalue weighted by molar-refractivity contribution is 5.98. The van der Waals surface area contributed by atoms with Gasteiger partial charge in [0, 0.05) is 13.0 Å². The molecule has 2 aromatic carbocycles. The second-order valence-electron chi connectivity index (χ2n) is 8.92. The SMILES string of the molecule is CCc1c(CC(OC2CCCCC2)C(=O)[O-])ccc(OC)c1C(=O)NCc1ccc(C(F)(F)F)cc1. The van der Waals surface area contributed by atoms with Gasteiger partial charge in [-0.15, -0.1) is 0 Å². The molecule has 1 amide bonds. The zero-order chi connectivity index (χ0) is 26.3. The number of aliphatic carboxylic acids is 1. The molecule has 1 aliphatic carbocycles. The molecule has 1 fully saturated rings. The number of carbonyl (C=O) groups is 2. The maximum absolute atomic E-state index is 13.2. The first kappa shape index (κ1) is 27.5. The third-order valence-corrected chi connectivity index (χ3v) is 6.48. The fraction of sp³-hybridized carbons (Fsp3) is 0.481. The number of hydrogen-bond donors (Lipinski definition) is 1. The molecule has 1 saturated carbocycles. The number of halogens is 3. The summed E-state index contributed by atoms with van der Waals surface area (Å²) >= 11 is 0. The zero-order valence-corrected chi connectivity index (χ0v) is 20.5. The number of amides is 1. The second kappa shape index (κ2) is 12.3. The van der Waals surface area contributed by atoms with Gasteiger partial charge >= 0.3 is 6.18 Å². The van der Waals surface area contributed by atoms with Crippen LogP contribution in [0.4, 0.5) is 13.2 Å². The summed E-state index contributed by atoms with van der Waals surface area (Å²) in [5.41, 5.74) is 1.26. The van der Waals surface area contributed by atoms with Crippen molar-refractivity contribution in [1.29, 1.82) is 0 Å². The molecule has 0 bridgehead atoms. The molecule has 1 unspecified atom stereocenters. The van der Waals surface area contributed by atoms with Crippen LogP contribution in [0, 0.1) is 0 Å². The van der Waals surface area contributed by atoms with Gasteiger partial charge in [-0.3, -0.25) is 4.79 Å². The summed E-state index contributed by atoms with van der Waals surface area (Å²) in [6.07, 6.45) is -0.507. The van der Waals surface area contributed by atoms with Crippen LogP contribution in [-0.4, -0.2) is 31.2 Å². The van der Waals surface area contributed by atoms with Gasteiger partial charge in [-0.25, -0.2) is 0 Å². The topological polar surface area (TPSA) is 87.7 Å². The maximum Gasteiger partial charge on any atom is 0.416 e. The summed E-state index contributed by atoms with van der Waals surface area (Å²) < 4.78 is 49.7. The molecule has 0 heterocycles. The van der Waals surface area contributed by atoms with Crippen LogP contribution in [0.2, 0.25) is 0 Å². The Morgan fingerprint density at radius 3 is 2.31 bits per heavy atom. The van der Waals surface area contributed by atoms with Crippen molar-refractivity contribution in [1.82, 2.24) is 5.32 Å². The predicted molar refractivity (Wildman–Crippen MR) is 125 cm³/mol. The summed E-state index contributed by atoms with van der Waals surface area (Å²) in [6.45, 7) is 1.86. The number of carboxylic acid groups (broad SMARTS) is 1. The molecule has 0 aromatic heterocycles. The molecule has 0 radical (unpaired) electrons. The van der Waals surface area contributed by atoms with Gasteiger partial charge in [0.05, 0.1) is 30.3 Å². The van der Waals surface area contributed by atoms with Gasteiger partial charge in [0.15, 0.2) is 0 Å². The minimum Gasteiger partial charge on any atom is -0.547 e. The van der Waals surface area contributed by atoms with Crippen LogP contribution in [0.3, 0.4) is 0 Å². The molecular weight excluding hydrogens is 475 g/mol. The van der Waals surface area contributed by atoms with E-state index in [1.165, 1.54) is 19.2 Å². The van der Waals surface area contributed by atoms with E-state index in [1.54, 1.807) is 12.1 Å². The monoisotopic (exact) mass is 506 g/mol. The molecule has 3 rings (SSSR count). The fourth-order valence-corrected chi connectivity index (χ4v) is 4.59. The Bertz CT molecular complexity index is 1050. The number of carbonyl (C=O) groups excluding carboxylic acids is 2. The largest absolute Gasteiger partial charge is 0.547 e. The van der Waals surface area contributed by atoms with Crippen molar-refractivity contribution >= 4 is 11.9 Å². The second-order valence-corrected chi connectivity index (χ2v) is 8.92. The summed E-state index contributed by atoms with van der Waals surface area (Å²) in [4.78, 5) is 25.0. The van der Waals surface area contributed by atoms with Crippen molar-refractivity contribution < 1.29 is 37.3 Å². The van der Waals surface area contributed by atoms with E-state index in [2.05, 4.69) is 5.32 Å². The Balaban J connectivity index is 1.79. The molecule has 1 N–H and O–H groups in total. The average Bonchev–Trinajstić information content (AvgIpc) is 2.86. The Morgan fingerprint density at radius 2 is 1.75 bits per heavy atom. The van der Waals surface area contributed by atoms with E-state index >= 15 is 0 Å². The Labute approximate surface area is 208 Å². The minimum absolute atomic E-state index is 0.0139. The summed E-state index contributed by atoms with van der Waals surface area (Å²) in [7, 11) is 1.43. The third kappa shape index (κ3) is 7.00. The van der Waals surface area contributed by atoms with Crippen LogP contribution in [-0.2, 0) is 35.1 Å². The number of methoxy groups -OCH3 is 1. The first-order valence-electron chi connectivity index (χ1n) is 12.1. The van der Waals surface area contributed by atoms with Gasteiger partial charge < -0.3 is 24.7 Å². The van der Waals surface area contributed by atoms with Crippen molar-refractivity contribution in [2.45, 2.75) is 76.8 Å². The van der Waals surface area contributed by atoms with Gasteiger partial charge in [-0.2, -0.15) is 13.2 Å². The molecule has 0 saturated heterocycles. The molecule has 0 aliphatic heterocycles.